The van der Waals surface area contributed by atoms with Gasteiger partial charge in [0.2, 0.25) is 5.91 Å². The largest absolute Gasteiger partial charge is 0.397 e. The second-order valence-electron chi connectivity index (χ2n) is 11.9. The lowest BCUT2D eigenvalue weighted by Crippen LogP contribution is -2.61. The van der Waals surface area contributed by atoms with Gasteiger partial charge in [-0.05, 0) is 25.7 Å². The summed E-state index contributed by atoms with van der Waals surface area (Å²) in [7, 11) is -5.10. The molecule has 1 rings (SSSR count). The van der Waals surface area contributed by atoms with Crippen molar-refractivity contribution in [1.82, 2.24) is 5.32 Å². The first kappa shape index (κ1) is 42.6. The van der Waals surface area contributed by atoms with Crippen LogP contribution in [-0.2, 0) is 28.9 Å². The third-order valence-corrected chi connectivity index (χ3v) is 8.35. The molecule has 270 valence electrons. The van der Waals surface area contributed by atoms with Crippen molar-refractivity contribution in [1.29, 1.82) is 0 Å². The fourth-order valence-electron chi connectivity index (χ4n) is 5.09. The minimum atomic E-state index is -5.10. The van der Waals surface area contributed by atoms with Crippen LogP contribution in [0.15, 0.2) is 24.3 Å². The van der Waals surface area contributed by atoms with Crippen LogP contribution in [0.2, 0.25) is 0 Å². The molecule has 1 saturated heterocycles. The summed E-state index contributed by atoms with van der Waals surface area (Å²) in [6.07, 6.45) is 10.6. The van der Waals surface area contributed by atoms with Crippen LogP contribution in [0.1, 0.15) is 110 Å². The van der Waals surface area contributed by atoms with Crippen LogP contribution in [0.4, 0.5) is 0 Å². The Labute approximate surface area is 275 Å². The maximum absolute atomic E-state index is 12.8. The number of carbonyl (C=O) groups is 1. The molecule has 0 spiro atoms. The van der Waals surface area contributed by atoms with Crippen LogP contribution < -0.4 is 5.32 Å². The Kier molecular flexibility index (Phi) is 22.8. The van der Waals surface area contributed by atoms with Crippen LogP contribution in [0.25, 0.3) is 0 Å². The minimum Gasteiger partial charge on any atom is -0.394 e. The lowest BCUT2D eigenvalue weighted by Gasteiger charge is -2.41. The zero-order chi connectivity index (χ0) is 34.4. The topological polar surface area (TPSA) is 212 Å². The van der Waals surface area contributed by atoms with E-state index >= 15 is 0 Å². The molecular formula is C32H59NO12S. The van der Waals surface area contributed by atoms with E-state index in [1.54, 1.807) is 6.08 Å². The number of aliphatic hydroxyl groups is 5. The molecule has 7 N–H and O–H groups in total. The molecule has 0 aromatic rings. The van der Waals surface area contributed by atoms with Crippen LogP contribution in [0.3, 0.4) is 0 Å². The van der Waals surface area contributed by atoms with E-state index in [2.05, 4.69) is 29.4 Å². The van der Waals surface area contributed by atoms with Gasteiger partial charge in [-0.15, -0.1) is 0 Å². The number of nitrogens with one attached hydrogen (secondary N) is 1. The third kappa shape index (κ3) is 18.2. The zero-order valence-corrected chi connectivity index (χ0v) is 28.3. The first-order valence-electron chi connectivity index (χ1n) is 16.8. The van der Waals surface area contributed by atoms with Crippen molar-refractivity contribution in [3.8, 4) is 0 Å². The highest BCUT2D eigenvalue weighted by Crippen LogP contribution is 2.26. The Hall–Kier alpha value is -1.46. The Morgan fingerprint density at radius 1 is 0.891 bits per heavy atom. The summed E-state index contributed by atoms with van der Waals surface area (Å²) in [5.41, 5.74) is 0. The quantitative estimate of drug-likeness (QED) is 0.0399. The highest BCUT2D eigenvalue weighted by atomic mass is 32.3. The molecule has 0 aromatic heterocycles. The summed E-state index contributed by atoms with van der Waals surface area (Å²) in [6.45, 7) is 3.04. The number of hydrogen-bond acceptors (Lipinski definition) is 11. The first-order valence-corrected chi connectivity index (χ1v) is 18.2. The van der Waals surface area contributed by atoms with Crippen LogP contribution >= 0.6 is 0 Å². The molecule has 0 aromatic carbocycles. The van der Waals surface area contributed by atoms with E-state index in [0.29, 0.717) is 19.3 Å². The monoisotopic (exact) mass is 681 g/mol. The smallest absolute Gasteiger partial charge is 0.394 e. The average Bonchev–Trinajstić information content (AvgIpc) is 3.01. The van der Waals surface area contributed by atoms with Gasteiger partial charge < -0.3 is 40.3 Å². The van der Waals surface area contributed by atoms with E-state index in [-0.39, 0.29) is 6.42 Å². The van der Waals surface area contributed by atoms with Gasteiger partial charge in [-0.1, -0.05) is 102 Å². The summed E-state index contributed by atoms with van der Waals surface area (Å²) >= 11 is 0. The van der Waals surface area contributed by atoms with Crippen LogP contribution in [0.5, 0.6) is 0 Å². The molecule has 8 unspecified atom stereocenters. The van der Waals surface area contributed by atoms with E-state index in [0.717, 1.165) is 38.5 Å². The van der Waals surface area contributed by atoms with Gasteiger partial charge in [0, 0.05) is 6.42 Å². The molecule has 0 saturated carbocycles. The van der Waals surface area contributed by atoms with Gasteiger partial charge in [0.1, 0.15) is 30.5 Å². The van der Waals surface area contributed by atoms with Gasteiger partial charge in [0.25, 0.3) is 0 Å². The number of carbonyl (C=O) groups excluding carboxylic acids is 1. The number of hydrogen-bond donors (Lipinski definition) is 7. The molecule has 8 atom stereocenters. The molecule has 46 heavy (non-hydrogen) atoms. The van der Waals surface area contributed by atoms with Gasteiger partial charge in [0.15, 0.2) is 6.29 Å². The summed E-state index contributed by atoms with van der Waals surface area (Å²) in [5, 5.41) is 54.3. The number of ether oxygens (including phenoxy) is 2. The second-order valence-corrected chi connectivity index (χ2v) is 12.9. The molecular weight excluding hydrogens is 622 g/mol. The summed E-state index contributed by atoms with van der Waals surface area (Å²) < 4.78 is 46.9. The number of unbranched alkanes of at least 4 members (excludes halogenated alkanes) is 10. The maximum Gasteiger partial charge on any atom is 0.397 e. The average molecular weight is 682 g/mol. The van der Waals surface area contributed by atoms with E-state index < -0.39 is 78.5 Å². The SMILES string of the molecule is CCCCCCCC/C=C\C/C=C\CC(O)C(=O)NC(COC1OC(CO)C(O)C(OS(=O)(=O)O)C1O)C(O)CCCCCCC. The van der Waals surface area contributed by atoms with Crippen molar-refractivity contribution in [3.63, 3.8) is 0 Å². The van der Waals surface area contributed by atoms with E-state index in [4.69, 9.17) is 14.0 Å². The van der Waals surface area contributed by atoms with Crippen molar-refractivity contribution in [3.05, 3.63) is 24.3 Å². The highest BCUT2D eigenvalue weighted by Gasteiger charge is 2.48. The van der Waals surface area contributed by atoms with E-state index in [1.165, 1.54) is 32.1 Å². The lowest BCUT2D eigenvalue weighted by molar-refractivity contribution is -0.298. The molecule has 1 heterocycles. The Morgan fingerprint density at radius 3 is 2.13 bits per heavy atom. The third-order valence-electron chi connectivity index (χ3n) is 7.88. The van der Waals surface area contributed by atoms with E-state index in [9.17, 15) is 38.7 Å². The van der Waals surface area contributed by atoms with Gasteiger partial charge in [0.05, 0.1) is 25.4 Å². The fourth-order valence-corrected chi connectivity index (χ4v) is 5.60. The summed E-state index contributed by atoms with van der Waals surface area (Å²) in [4.78, 5) is 12.8. The van der Waals surface area contributed by atoms with Gasteiger partial charge in [-0.25, -0.2) is 4.18 Å². The van der Waals surface area contributed by atoms with Gasteiger partial charge in [-0.2, -0.15) is 8.42 Å². The van der Waals surface area contributed by atoms with Crippen molar-refractivity contribution in [2.75, 3.05) is 13.2 Å². The molecule has 13 nitrogen and oxygen atoms in total. The number of aliphatic hydroxyl groups excluding tert-OH is 5. The Morgan fingerprint density at radius 2 is 1.50 bits per heavy atom. The summed E-state index contributed by atoms with van der Waals surface area (Å²) in [5.74, 6) is -0.747. The van der Waals surface area contributed by atoms with Crippen LogP contribution in [0, 0.1) is 0 Å². The predicted molar refractivity (Wildman–Crippen MR) is 173 cm³/mol. The molecule has 14 heteroatoms. The molecule has 1 aliphatic heterocycles. The van der Waals surface area contributed by atoms with Crippen LogP contribution in [-0.4, -0.2) is 107 Å². The molecule has 1 fully saturated rings. The predicted octanol–water partition coefficient (Wildman–Crippen LogP) is 2.84. The number of amides is 1. The fraction of sp³-hybridized carbons (Fsp3) is 0.844. The number of allylic oxidation sites excluding steroid dienone is 3. The first-order chi connectivity index (χ1) is 21.9. The molecule has 0 bridgehead atoms. The van der Waals surface area contributed by atoms with Crippen molar-refractivity contribution in [2.24, 2.45) is 0 Å². The second kappa shape index (κ2) is 24.6. The highest BCUT2D eigenvalue weighted by molar-refractivity contribution is 7.80. The minimum absolute atomic E-state index is 0.0486. The van der Waals surface area contributed by atoms with E-state index in [1.807, 2.05) is 12.2 Å². The Balaban J connectivity index is 2.74. The van der Waals surface area contributed by atoms with Crippen molar-refractivity contribution >= 4 is 16.3 Å². The van der Waals surface area contributed by atoms with Gasteiger partial charge >= 0.3 is 10.4 Å². The van der Waals surface area contributed by atoms with Gasteiger partial charge in [-0.3, -0.25) is 9.35 Å². The zero-order valence-electron chi connectivity index (χ0n) is 27.5. The molecule has 1 aliphatic rings. The summed E-state index contributed by atoms with van der Waals surface area (Å²) in [6, 6.07) is -1.06. The molecule has 1 amide bonds. The standard InChI is InChI=1S/C32H59NO12S/c1-3-5-7-9-10-11-12-13-14-15-17-19-21-26(36)31(39)33-24(25(35)20-18-16-8-6-4-2)23-43-32-29(38)30(45-46(40,41)42)28(37)27(22-34)44-32/h13-14,17,19,24-30,32,34-38H,3-12,15-16,18,20-23H2,1-2H3,(H,33,39)(H,40,41,42)/b14-13-,19-17-. The van der Waals surface area contributed by atoms with Crippen molar-refractivity contribution < 1.29 is 57.0 Å². The van der Waals surface area contributed by atoms with Crippen molar-refractivity contribution in [2.45, 2.75) is 159 Å². The number of rotatable bonds is 26. The molecule has 0 radical (unpaired) electrons. The Bertz CT molecular complexity index is 963. The molecule has 0 aliphatic carbocycles. The maximum atomic E-state index is 12.8. The normalized spacial score (nSPS) is 24.4. The lowest BCUT2D eigenvalue weighted by atomic mass is 9.99.